The van der Waals surface area contributed by atoms with Gasteiger partial charge in [0.1, 0.15) is 0 Å². The molecule has 0 radical (unpaired) electrons. The van der Waals surface area contributed by atoms with Crippen molar-refractivity contribution in [2.75, 3.05) is 26.7 Å². The zero-order valence-electron chi connectivity index (χ0n) is 16.8. The van der Waals surface area contributed by atoms with Crippen LogP contribution in [0.4, 0.5) is 0 Å². The number of rotatable bonds is 4. The van der Waals surface area contributed by atoms with Crippen molar-refractivity contribution >= 4 is 16.0 Å². The van der Waals surface area contributed by atoms with E-state index in [0.717, 1.165) is 43.9 Å². The first-order chi connectivity index (χ1) is 14.1. The van der Waals surface area contributed by atoms with Crippen LogP contribution in [-0.2, 0) is 29.5 Å². The number of aliphatic imine (C=N–C) groups is 1. The van der Waals surface area contributed by atoms with Crippen LogP contribution in [0.25, 0.3) is 0 Å². The van der Waals surface area contributed by atoms with E-state index in [-0.39, 0.29) is 0 Å². The Hall–Kier alpha value is -2.38. The molecule has 2 aliphatic rings. The third-order valence-corrected chi connectivity index (χ3v) is 7.63. The second-order valence-corrected chi connectivity index (χ2v) is 9.53. The van der Waals surface area contributed by atoms with Crippen LogP contribution in [0.3, 0.4) is 0 Å². The lowest BCUT2D eigenvalue weighted by atomic mass is 10.0. The Morgan fingerprint density at radius 1 is 1.00 bits per heavy atom. The largest absolute Gasteiger partial charge is 0.352 e. The fourth-order valence-electron chi connectivity index (χ4n) is 4.05. The van der Waals surface area contributed by atoms with Gasteiger partial charge in [0, 0.05) is 39.8 Å². The van der Waals surface area contributed by atoms with E-state index >= 15 is 0 Å². The number of hydrogen-bond donors (Lipinski definition) is 1. The fourth-order valence-corrected chi connectivity index (χ4v) is 5.56. The van der Waals surface area contributed by atoms with Crippen LogP contribution in [0.2, 0.25) is 0 Å². The molecule has 2 aromatic rings. The summed E-state index contributed by atoms with van der Waals surface area (Å²) in [5.74, 6) is 0.869. The minimum Gasteiger partial charge on any atom is -0.352 e. The van der Waals surface area contributed by atoms with E-state index < -0.39 is 10.0 Å². The van der Waals surface area contributed by atoms with Crippen molar-refractivity contribution in [1.82, 2.24) is 14.5 Å². The Morgan fingerprint density at radius 3 is 2.38 bits per heavy atom. The summed E-state index contributed by atoms with van der Waals surface area (Å²) >= 11 is 0. The van der Waals surface area contributed by atoms with Crippen molar-refractivity contribution in [1.29, 1.82) is 0 Å². The molecule has 2 heterocycles. The van der Waals surface area contributed by atoms with Crippen molar-refractivity contribution in [2.45, 2.75) is 37.2 Å². The normalized spacial score (nSPS) is 18.0. The lowest BCUT2D eigenvalue weighted by molar-refractivity contribution is 0.378. The van der Waals surface area contributed by atoms with Gasteiger partial charge in [-0.25, -0.2) is 8.42 Å². The maximum Gasteiger partial charge on any atom is 0.243 e. The molecule has 0 bridgehead atoms. The minimum atomic E-state index is -3.36. The van der Waals surface area contributed by atoms with E-state index in [2.05, 4.69) is 39.5 Å². The Labute approximate surface area is 173 Å². The van der Waals surface area contributed by atoms with E-state index in [1.54, 1.807) is 23.5 Å². The summed E-state index contributed by atoms with van der Waals surface area (Å²) in [5, 5.41) is 3.42. The molecule has 4 rings (SSSR count). The summed E-state index contributed by atoms with van der Waals surface area (Å²) in [4.78, 5) is 7.07. The summed E-state index contributed by atoms with van der Waals surface area (Å²) in [7, 11) is -1.56. The van der Waals surface area contributed by atoms with E-state index in [9.17, 15) is 8.42 Å². The van der Waals surface area contributed by atoms with Crippen LogP contribution in [0.15, 0.2) is 58.4 Å². The smallest absolute Gasteiger partial charge is 0.243 e. The predicted molar refractivity (Wildman–Crippen MR) is 115 cm³/mol. The van der Waals surface area contributed by atoms with Crippen molar-refractivity contribution < 1.29 is 8.42 Å². The average molecular weight is 413 g/mol. The van der Waals surface area contributed by atoms with Gasteiger partial charge < -0.3 is 10.2 Å². The molecule has 0 atom stereocenters. The van der Waals surface area contributed by atoms with Gasteiger partial charge in [-0.05, 0) is 48.1 Å². The molecule has 0 aliphatic carbocycles. The van der Waals surface area contributed by atoms with Crippen LogP contribution >= 0.6 is 0 Å². The molecule has 6 nitrogen and oxygen atoms in total. The second-order valence-electron chi connectivity index (χ2n) is 7.60. The van der Waals surface area contributed by atoms with Gasteiger partial charge >= 0.3 is 0 Å². The quantitative estimate of drug-likeness (QED) is 0.619. The zero-order chi connectivity index (χ0) is 20.3. The lowest BCUT2D eigenvalue weighted by Crippen LogP contribution is -2.43. The van der Waals surface area contributed by atoms with Gasteiger partial charge in [-0.2, -0.15) is 4.31 Å². The highest BCUT2D eigenvalue weighted by molar-refractivity contribution is 7.89. The maximum absolute atomic E-state index is 12.6. The van der Waals surface area contributed by atoms with Crippen LogP contribution < -0.4 is 5.32 Å². The highest BCUT2D eigenvalue weighted by atomic mass is 32.2. The number of benzene rings is 2. The van der Waals surface area contributed by atoms with Gasteiger partial charge in [0.2, 0.25) is 10.0 Å². The van der Waals surface area contributed by atoms with Crippen LogP contribution in [0, 0.1) is 0 Å². The molecule has 0 saturated carbocycles. The van der Waals surface area contributed by atoms with Crippen LogP contribution in [-0.4, -0.2) is 50.3 Å². The number of fused-ring (bicyclic) bond motifs is 1. The number of hydrogen-bond acceptors (Lipinski definition) is 3. The number of guanidine groups is 1. The Balaban J connectivity index is 1.38. The second kappa shape index (κ2) is 8.55. The summed E-state index contributed by atoms with van der Waals surface area (Å²) in [5.41, 5.74) is 3.79. The molecule has 1 fully saturated rings. The van der Waals surface area contributed by atoms with Crippen LogP contribution in [0.5, 0.6) is 0 Å². The third kappa shape index (κ3) is 4.31. The van der Waals surface area contributed by atoms with Gasteiger partial charge in [0.15, 0.2) is 5.96 Å². The first-order valence-electron chi connectivity index (χ1n) is 10.2. The van der Waals surface area contributed by atoms with Gasteiger partial charge in [0.05, 0.1) is 4.90 Å². The van der Waals surface area contributed by atoms with Crippen LogP contribution in [0.1, 0.15) is 29.5 Å². The first-order valence-corrected chi connectivity index (χ1v) is 11.6. The highest BCUT2D eigenvalue weighted by Crippen LogP contribution is 2.21. The van der Waals surface area contributed by atoms with Gasteiger partial charge in [0.25, 0.3) is 0 Å². The summed E-state index contributed by atoms with van der Waals surface area (Å²) in [6.45, 7) is 3.64. The van der Waals surface area contributed by atoms with Gasteiger partial charge in [-0.1, -0.05) is 36.4 Å². The van der Waals surface area contributed by atoms with Crippen molar-refractivity contribution in [2.24, 2.45) is 4.99 Å². The SMILES string of the molecule is CN=C(NCc1ccc(S(=O)(=O)N2CCCC2)cc1)N1CCc2ccccc2C1. The van der Waals surface area contributed by atoms with E-state index in [0.29, 0.717) is 24.5 Å². The molecule has 0 aromatic heterocycles. The van der Waals surface area contributed by atoms with Crippen molar-refractivity contribution in [3.63, 3.8) is 0 Å². The summed E-state index contributed by atoms with van der Waals surface area (Å²) in [6, 6.07) is 15.7. The molecular weight excluding hydrogens is 384 g/mol. The lowest BCUT2D eigenvalue weighted by Gasteiger charge is -2.31. The Morgan fingerprint density at radius 2 is 1.69 bits per heavy atom. The molecule has 2 aromatic carbocycles. The van der Waals surface area contributed by atoms with Gasteiger partial charge in [-0.3, -0.25) is 4.99 Å². The summed E-state index contributed by atoms with van der Waals surface area (Å²) < 4.78 is 26.9. The molecule has 7 heteroatoms. The first kappa shape index (κ1) is 19.9. The highest BCUT2D eigenvalue weighted by Gasteiger charge is 2.27. The van der Waals surface area contributed by atoms with Crippen molar-refractivity contribution in [3.8, 4) is 0 Å². The number of nitrogens with one attached hydrogen (secondary N) is 1. The third-order valence-electron chi connectivity index (χ3n) is 5.72. The van der Waals surface area contributed by atoms with E-state index in [1.807, 2.05) is 12.1 Å². The number of sulfonamides is 1. The topological polar surface area (TPSA) is 65.0 Å². The minimum absolute atomic E-state index is 0.375. The van der Waals surface area contributed by atoms with Crippen molar-refractivity contribution in [3.05, 3.63) is 65.2 Å². The molecule has 0 spiro atoms. The summed E-state index contributed by atoms with van der Waals surface area (Å²) in [6.07, 6.45) is 2.91. The molecule has 1 N–H and O–H groups in total. The molecule has 29 heavy (non-hydrogen) atoms. The zero-order valence-corrected chi connectivity index (χ0v) is 17.7. The standard InChI is InChI=1S/C22H28N4O2S/c1-23-22(25-15-12-19-6-2-3-7-20(19)17-25)24-16-18-8-10-21(11-9-18)29(27,28)26-13-4-5-14-26/h2-3,6-11H,4-5,12-17H2,1H3,(H,23,24). The monoisotopic (exact) mass is 412 g/mol. The molecule has 0 unspecified atom stereocenters. The Bertz CT molecular complexity index is 980. The van der Waals surface area contributed by atoms with E-state index in [1.165, 1.54) is 11.1 Å². The van der Waals surface area contributed by atoms with Gasteiger partial charge in [-0.15, -0.1) is 0 Å². The molecular formula is C22H28N4O2S. The maximum atomic E-state index is 12.6. The molecule has 1 saturated heterocycles. The number of nitrogens with zero attached hydrogens (tertiary/aromatic N) is 3. The average Bonchev–Trinajstić information content (AvgIpc) is 3.30. The fraction of sp³-hybridized carbons (Fsp3) is 0.409. The molecule has 154 valence electrons. The Kier molecular flexibility index (Phi) is 5.87. The van der Waals surface area contributed by atoms with E-state index in [4.69, 9.17) is 0 Å². The predicted octanol–water partition coefficient (Wildman–Crippen LogP) is 2.60. The molecule has 2 aliphatic heterocycles. The molecule has 0 amide bonds.